The number of hydrogen-bond donors (Lipinski definition) is 1. The zero-order chi connectivity index (χ0) is 19.3. The molecule has 4 rings (SSSR count). The average molecular weight is 381 g/mol. The molecule has 0 radical (unpaired) electrons. The van der Waals surface area contributed by atoms with Crippen molar-refractivity contribution in [2.75, 3.05) is 38.2 Å². The molecule has 0 aromatic heterocycles. The Hall–Kier alpha value is -2.73. The second-order valence-electron chi connectivity index (χ2n) is 7.41. The summed E-state index contributed by atoms with van der Waals surface area (Å²) in [5, 5.41) is 3.02. The van der Waals surface area contributed by atoms with Gasteiger partial charge in [0, 0.05) is 44.0 Å². The third-order valence-corrected chi connectivity index (χ3v) is 5.23. The summed E-state index contributed by atoms with van der Waals surface area (Å²) >= 11 is 0. The van der Waals surface area contributed by atoms with Gasteiger partial charge in [-0.05, 0) is 31.0 Å². The molecule has 2 heterocycles. The van der Waals surface area contributed by atoms with Gasteiger partial charge >= 0.3 is 6.03 Å². The van der Waals surface area contributed by atoms with E-state index in [2.05, 4.69) is 41.4 Å². The van der Waals surface area contributed by atoms with Crippen LogP contribution in [0.4, 0.5) is 10.5 Å². The summed E-state index contributed by atoms with van der Waals surface area (Å²) in [6.45, 7) is 6.74. The molecule has 1 atom stereocenters. The lowest BCUT2D eigenvalue weighted by atomic mass is 10.2. The fourth-order valence-electron chi connectivity index (χ4n) is 3.85. The molecule has 1 fully saturated rings. The van der Waals surface area contributed by atoms with Gasteiger partial charge < -0.3 is 19.7 Å². The summed E-state index contributed by atoms with van der Waals surface area (Å²) < 4.78 is 11.1. The van der Waals surface area contributed by atoms with Crippen LogP contribution in [-0.2, 0) is 6.54 Å². The van der Waals surface area contributed by atoms with E-state index in [0.29, 0.717) is 19.0 Å². The lowest BCUT2D eigenvalue weighted by Gasteiger charge is -2.29. The third-order valence-electron chi connectivity index (χ3n) is 5.23. The maximum absolute atomic E-state index is 12.9. The molecule has 2 aromatic carbocycles. The van der Waals surface area contributed by atoms with E-state index < -0.39 is 0 Å². The normalized spacial score (nSPS) is 19.8. The van der Waals surface area contributed by atoms with Crippen LogP contribution < -0.4 is 14.8 Å². The van der Waals surface area contributed by atoms with Crippen LogP contribution in [0.1, 0.15) is 18.9 Å². The Bertz CT molecular complexity index is 812. The number of urea groups is 1. The van der Waals surface area contributed by atoms with Crippen LogP contribution in [-0.4, -0.2) is 54.7 Å². The van der Waals surface area contributed by atoms with Gasteiger partial charge in [-0.1, -0.05) is 30.3 Å². The van der Waals surface area contributed by atoms with Gasteiger partial charge in [-0.3, -0.25) is 4.90 Å². The molecule has 0 spiro atoms. The fraction of sp³-hybridized carbons (Fsp3) is 0.409. The fourth-order valence-corrected chi connectivity index (χ4v) is 3.85. The molecule has 148 valence electrons. The molecule has 2 amide bonds. The van der Waals surface area contributed by atoms with Gasteiger partial charge in [0.1, 0.15) is 13.2 Å². The van der Waals surface area contributed by atoms with E-state index in [1.807, 2.05) is 29.2 Å². The van der Waals surface area contributed by atoms with E-state index in [-0.39, 0.29) is 12.1 Å². The minimum atomic E-state index is -0.0641. The quantitative estimate of drug-likeness (QED) is 0.883. The summed E-state index contributed by atoms with van der Waals surface area (Å²) in [6.07, 6.45) is 0.964. The zero-order valence-corrected chi connectivity index (χ0v) is 16.3. The number of amides is 2. The highest BCUT2D eigenvalue weighted by Crippen LogP contribution is 2.32. The molecular weight excluding hydrogens is 354 g/mol. The summed E-state index contributed by atoms with van der Waals surface area (Å²) in [5.74, 6) is 1.41. The predicted octanol–water partition coefficient (Wildman–Crippen LogP) is 3.59. The molecule has 2 aromatic rings. The van der Waals surface area contributed by atoms with Crippen LogP contribution >= 0.6 is 0 Å². The van der Waals surface area contributed by atoms with Crippen molar-refractivity contribution >= 4 is 11.7 Å². The molecule has 6 nitrogen and oxygen atoms in total. The van der Waals surface area contributed by atoms with Crippen molar-refractivity contribution in [1.82, 2.24) is 9.80 Å². The third kappa shape index (κ3) is 4.39. The Balaban J connectivity index is 1.38. The predicted molar refractivity (Wildman–Crippen MR) is 109 cm³/mol. The number of ether oxygens (including phenoxy) is 2. The number of nitrogens with one attached hydrogen (secondary N) is 1. The van der Waals surface area contributed by atoms with Crippen LogP contribution in [0.3, 0.4) is 0 Å². The second-order valence-corrected chi connectivity index (χ2v) is 7.41. The second kappa shape index (κ2) is 8.52. The Labute approximate surface area is 166 Å². The molecule has 0 saturated carbocycles. The number of anilines is 1. The first-order valence-corrected chi connectivity index (χ1v) is 9.92. The molecule has 1 unspecified atom stereocenters. The number of carbonyl (C=O) groups excluding carboxylic acids is 1. The zero-order valence-electron chi connectivity index (χ0n) is 16.3. The molecule has 6 heteroatoms. The standard InChI is InChI=1S/C22H27N3O3/c1-17-15-24(16-18-6-3-2-4-7-18)10-5-11-25(17)22(26)23-19-8-9-20-21(14-19)28-13-12-27-20/h2-4,6-9,14,17H,5,10-13,15-16H2,1H3,(H,23,26). The Morgan fingerprint density at radius 1 is 1.07 bits per heavy atom. The van der Waals surface area contributed by atoms with Gasteiger partial charge in [0.15, 0.2) is 11.5 Å². The van der Waals surface area contributed by atoms with Gasteiger partial charge in [0.2, 0.25) is 0 Å². The lowest BCUT2D eigenvalue weighted by molar-refractivity contribution is 0.171. The van der Waals surface area contributed by atoms with E-state index in [0.717, 1.165) is 44.0 Å². The highest BCUT2D eigenvalue weighted by molar-refractivity contribution is 5.90. The number of rotatable bonds is 3. The smallest absolute Gasteiger partial charge is 0.322 e. The van der Waals surface area contributed by atoms with Crippen LogP contribution in [0, 0.1) is 0 Å². The number of fused-ring (bicyclic) bond motifs is 1. The van der Waals surface area contributed by atoms with Gasteiger partial charge in [0.05, 0.1) is 0 Å². The van der Waals surface area contributed by atoms with E-state index in [4.69, 9.17) is 9.47 Å². The van der Waals surface area contributed by atoms with Gasteiger partial charge in [-0.15, -0.1) is 0 Å². The average Bonchev–Trinajstić information content (AvgIpc) is 2.89. The lowest BCUT2D eigenvalue weighted by Crippen LogP contribution is -2.44. The molecular formula is C22H27N3O3. The molecule has 1 saturated heterocycles. The Morgan fingerprint density at radius 2 is 1.86 bits per heavy atom. The highest BCUT2D eigenvalue weighted by Gasteiger charge is 2.26. The summed E-state index contributed by atoms with van der Waals surface area (Å²) in [7, 11) is 0. The number of hydrogen-bond acceptors (Lipinski definition) is 4. The summed E-state index contributed by atoms with van der Waals surface area (Å²) in [6, 6.07) is 16.1. The van der Waals surface area contributed by atoms with Crippen molar-refractivity contribution in [2.45, 2.75) is 25.9 Å². The number of benzene rings is 2. The van der Waals surface area contributed by atoms with Crippen LogP contribution in [0.5, 0.6) is 11.5 Å². The molecule has 0 aliphatic carbocycles. The minimum absolute atomic E-state index is 0.0641. The van der Waals surface area contributed by atoms with E-state index >= 15 is 0 Å². The van der Waals surface area contributed by atoms with Gasteiger partial charge in [0.25, 0.3) is 0 Å². The van der Waals surface area contributed by atoms with Crippen molar-refractivity contribution < 1.29 is 14.3 Å². The van der Waals surface area contributed by atoms with Crippen LogP contribution in [0.2, 0.25) is 0 Å². The van der Waals surface area contributed by atoms with E-state index in [9.17, 15) is 4.79 Å². The number of nitrogens with zero attached hydrogens (tertiary/aromatic N) is 2. The Morgan fingerprint density at radius 3 is 2.68 bits per heavy atom. The molecule has 1 N–H and O–H groups in total. The van der Waals surface area contributed by atoms with Gasteiger partial charge in [-0.25, -0.2) is 4.79 Å². The summed E-state index contributed by atoms with van der Waals surface area (Å²) in [4.78, 5) is 17.2. The van der Waals surface area contributed by atoms with Gasteiger partial charge in [-0.2, -0.15) is 0 Å². The van der Waals surface area contributed by atoms with Crippen molar-refractivity contribution in [1.29, 1.82) is 0 Å². The molecule has 2 aliphatic heterocycles. The molecule has 0 bridgehead atoms. The molecule has 28 heavy (non-hydrogen) atoms. The van der Waals surface area contributed by atoms with E-state index in [1.54, 1.807) is 0 Å². The van der Waals surface area contributed by atoms with Crippen molar-refractivity contribution in [2.24, 2.45) is 0 Å². The first-order valence-electron chi connectivity index (χ1n) is 9.92. The first-order chi connectivity index (χ1) is 13.7. The SMILES string of the molecule is CC1CN(Cc2ccccc2)CCCN1C(=O)Nc1ccc2c(c1)OCCO2. The topological polar surface area (TPSA) is 54.0 Å². The number of carbonyl (C=O) groups is 1. The maximum atomic E-state index is 12.9. The largest absolute Gasteiger partial charge is 0.486 e. The van der Waals surface area contributed by atoms with Crippen LogP contribution in [0.15, 0.2) is 48.5 Å². The monoisotopic (exact) mass is 381 g/mol. The highest BCUT2D eigenvalue weighted by atomic mass is 16.6. The van der Waals surface area contributed by atoms with Crippen molar-refractivity contribution in [3.63, 3.8) is 0 Å². The first kappa shape index (κ1) is 18.6. The van der Waals surface area contributed by atoms with Crippen molar-refractivity contribution in [3.8, 4) is 11.5 Å². The minimum Gasteiger partial charge on any atom is -0.486 e. The van der Waals surface area contributed by atoms with E-state index in [1.165, 1.54) is 5.56 Å². The molecule has 2 aliphatic rings. The maximum Gasteiger partial charge on any atom is 0.322 e. The van der Waals surface area contributed by atoms with Crippen molar-refractivity contribution in [3.05, 3.63) is 54.1 Å². The summed E-state index contributed by atoms with van der Waals surface area (Å²) in [5.41, 5.74) is 2.04. The van der Waals surface area contributed by atoms with Crippen LogP contribution in [0.25, 0.3) is 0 Å². The Kier molecular flexibility index (Phi) is 5.67.